The summed E-state index contributed by atoms with van der Waals surface area (Å²) in [5, 5.41) is 0. The van der Waals surface area contributed by atoms with Crippen molar-refractivity contribution in [1.29, 1.82) is 0 Å². The number of aryl methyl sites for hydroxylation is 1. The Balaban J connectivity index is 0.000000733. The highest BCUT2D eigenvalue weighted by atomic mass is 19.1. The average Bonchev–Trinajstić information content (AvgIpc) is 3.02. The van der Waals surface area contributed by atoms with Crippen molar-refractivity contribution in [3.63, 3.8) is 0 Å². The Morgan fingerprint density at radius 2 is 1.53 bits per heavy atom. The molecular formula is C40H55F2N. The highest BCUT2D eigenvalue weighted by Gasteiger charge is 2.44. The molecule has 0 radical (unpaired) electrons. The van der Waals surface area contributed by atoms with Crippen molar-refractivity contribution in [3.8, 4) is 11.1 Å². The number of fused-ring (bicyclic) bond motifs is 1. The molecular weight excluding hydrogens is 532 g/mol. The van der Waals surface area contributed by atoms with Gasteiger partial charge in [-0.05, 0) is 95.9 Å². The summed E-state index contributed by atoms with van der Waals surface area (Å²) >= 11 is 0. The number of aromatic nitrogens is 1. The number of alkyl halides is 1. The normalized spacial score (nSPS) is 16.5. The number of hydrogen-bond donors (Lipinski definition) is 0. The summed E-state index contributed by atoms with van der Waals surface area (Å²) in [6, 6.07) is 14.5. The molecule has 43 heavy (non-hydrogen) atoms. The Hall–Kier alpha value is -3.07. The molecule has 2 aromatic carbocycles. The van der Waals surface area contributed by atoms with Crippen LogP contribution < -0.4 is 0 Å². The molecule has 234 valence electrons. The van der Waals surface area contributed by atoms with Crippen molar-refractivity contribution in [2.75, 3.05) is 0 Å². The van der Waals surface area contributed by atoms with E-state index in [-0.39, 0.29) is 5.82 Å². The maximum atomic E-state index is 13.9. The average molecular weight is 588 g/mol. The lowest BCUT2D eigenvalue weighted by atomic mass is 9.57. The molecule has 2 aliphatic carbocycles. The highest BCUT2D eigenvalue weighted by Crippen LogP contribution is 2.56. The fraction of sp³-hybridized carbons (Fsp3) is 0.475. The number of unbranched alkanes of at least 4 members (excludes halogenated alkanes) is 1. The van der Waals surface area contributed by atoms with Gasteiger partial charge in [0.15, 0.2) is 0 Å². The van der Waals surface area contributed by atoms with Crippen LogP contribution in [0.15, 0.2) is 68.3 Å². The van der Waals surface area contributed by atoms with Gasteiger partial charge in [-0.25, -0.2) is 8.78 Å². The first-order valence-corrected chi connectivity index (χ1v) is 16.5. The van der Waals surface area contributed by atoms with Gasteiger partial charge in [0.1, 0.15) is 12.0 Å². The van der Waals surface area contributed by atoms with Gasteiger partial charge in [-0.3, -0.25) is 4.98 Å². The monoisotopic (exact) mass is 587 g/mol. The lowest BCUT2D eigenvalue weighted by Gasteiger charge is -2.48. The third-order valence-electron chi connectivity index (χ3n) is 8.72. The molecule has 1 spiro atoms. The molecule has 2 atom stereocenters. The standard InChI is InChI=1S/C32H35F2N.C4H10.C2H6.C2H4/c1-5-7-27-30(21(3)23-8-10-24(11-9-23)22(4)33)31(25-12-14-26(34)15-13-25)29-20(2)18-32(16-6-17-32)19-28(29)35-27;1-3-4-2;2*1-2/h8-15,20,22H,3,5-7,16-19H2,1-2,4H3;3-4H2,1-2H3;1-2H3;1-2H2. The first kappa shape index (κ1) is 36.1. The third kappa shape index (κ3) is 8.52. The first-order valence-electron chi connectivity index (χ1n) is 16.5. The van der Waals surface area contributed by atoms with E-state index in [2.05, 4.69) is 47.4 Å². The number of pyridine rings is 1. The summed E-state index contributed by atoms with van der Waals surface area (Å²) in [6.07, 6.45) is 9.59. The molecule has 2 unspecified atom stereocenters. The Bertz CT molecular complexity index is 1280. The lowest BCUT2D eigenvalue weighted by Crippen LogP contribution is -2.37. The number of nitrogens with zero attached hydrogens (tertiary/aromatic N) is 1. The number of halogens is 2. The Morgan fingerprint density at radius 1 is 0.953 bits per heavy atom. The van der Waals surface area contributed by atoms with Gasteiger partial charge in [-0.15, -0.1) is 13.2 Å². The molecule has 0 amide bonds. The van der Waals surface area contributed by atoms with Crippen molar-refractivity contribution >= 4 is 5.57 Å². The summed E-state index contributed by atoms with van der Waals surface area (Å²) in [7, 11) is 0. The SMILES string of the molecule is C=C.C=C(c1ccc(C(C)F)cc1)c1c(CCC)nc2c(c1-c1ccc(F)cc1)C(C)CC1(CCC1)C2.CC.CCCC. The zero-order valence-electron chi connectivity index (χ0n) is 28.0. The van der Waals surface area contributed by atoms with Crippen LogP contribution in [0.3, 0.4) is 0 Å². The molecule has 1 heterocycles. The summed E-state index contributed by atoms with van der Waals surface area (Å²) in [5.74, 6) is 0.145. The maximum absolute atomic E-state index is 13.9. The van der Waals surface area contributed by atoms with Crippen LogP contribution in [0.5, 0.6) is 0 Å². The van der Waals surface area contributed by atoms with Crippen LogP contribution in [0, 0.1) is 11.2 Å². The molecule has 1 saturated carbocycles. The first-order chi connectivity index (χ1) is 20.7. The van der Waals surface area contributed by atoms with E-state index < -0.39 is 6.17 Å². The number of rotatable bonds is 7. The molecule has 0 aliphatic heterocycles. The smallest absolute Gasteiger partial charge is 0.123 e. The second-order valence-corrected chi connectivity index (χ2v) is 11.8. The second kappa shape index (κ2) is 17.3. The Morgan fingerprint density at radius 3 is 2.00 bits per heavy atom. The van der Waals surface area contributed by atoms with E-state index in [1.807, 2.05) is 50.2 Å². The van der Waals surface area contributed by atoms with E-state index in [4.69, 9.17) is 4.98 Å². The van der Waals surface area contributed by atoms with Crippen LogP contribution in [-0.4, -0.2) is 4.98 Å². The van der Waals surface area contributed by atoms with Gasteiger partial charge in [0, 0.05) is 17.0 Å². The zero-order valence-corrected chi connectivity index (χ0v) is 28.0. The van der Waals surface area contributed by atoms with Gasteiger partial charge in [-0.2, -0.15) is 0 Å². The van der Waals surface area contributed by atoms with Crippen LogP contribution >= 0.6 is 0 Å². The highest BCUT2D eigenvalue weighted by molar-refractivity contribution is 5.91. The largest absolute Gasteiger partial charge is 0.257 e. The minimum absolute atomic E-state index is 0.233. The van der Waals surface area contributed by atoms with Gasteiger partial charge in [0.25, 0.3) is 0 Å². The summed E-state index contributed by atoms with van der Waals surface area (Å²) in [4.78, 5) is 5.33. The van der Waals surface area contributed by atoms with Crippen LogP contribution in [0.25, 0.3) is 16.7 Å². The van der Waals surface area contributed by atoms with Gasteiger partial charge in [0.05, 0.1) is 0 Å². The van der Waals surface area contributed by atoms with Crippen molar-refractivity contribution in [2.45, 2.75) is 118 Å². The molecule has 3 heteroatoms. The Labute approximate surface area is 261 Å². The molecule has 1 fully saturated rings. The molecule has 0 N–H and O–H groups in total. The zero-order chi connectivity index (χ0) is 32.2. The van der Waals surface area contributed by atoms with Gasteiger partial charge in [0.2, 0.25) is 0 Å². The predicted octanol–water partition coefficient (Wildman–Crippen LogP) is 12.8. The minimum Gasteiger partial charge on any atom is -0.257 e. The fourth-order valence-electron chi connectivity index (χ4n) is 6.36. The van der Waals surface area contributed by atoms with Crippen LogP contribution in [0.4, 0.5) is 8.78 Å². The topological polar surface area (TPSA) is 12.9 Å². The molecule has 1 nitrogen and oxygen atoms in total. The molecule has 2 aliphatic rings. The molecule has 0 saturated heterocycles. The summed E-state index contributed by atoms with van der Waals surface area (Å²) in [6.45, 7) is 25.0. The minimum atomic E-state index is -1.01. The number of benzene rings is 2. The van der Waals surface area contributed by atoms with E-state index in [1.54, 1.807) is 19.1 Å². The van der Waals surface area contributed by atoms with Crippen molar-refractivity contribution < 1.29 is 8.78 Å². The van der Waals surface area contributed by atoms with E-state index >= 15 is 0 Å². The summed E-state index contributed by atoms with van der Waals surface area (Å²) < 4.78 is 27.8. The Kier molecular flexibility index (Phi) is 14.5. The van der Waals surface area contributed by atoms with Gasteiger partial charge < -0.3 is 0 Å². The molecule has 0 bridgehead atoms. The predicted molar refractivity (Wildman–Crippen MR) is 184 cm³/mol. The third-order valence-corrected chi connectivity index (χ3v) is 8.72. The van der Waals surface area contributed by atoms with Crippen LogP contribution in [-0.2, 0) is 12.8 Å². The number of hydrogen-bond acceptors (Lipinski definition) is 1. The van der Waals surface area contributed by atoms with Gasteiger partial charge in [-0.1, -0.05) is 110 Å². The maximum Gasteiger partial charge on any atom is 0.123 e. The van der Waals surface area contributed by atoms with E-state index in [9.17, 15) is 8.78 Å². The van der Waals surface area contributed by atoms with E-state index in [1.165, 1.54) is 49.8 Å². The fourth-order valence-corrected chi connectivity index (χ4v) is 6.36. The summed E-state index contributed by atoms with van der Waals surface area (Å²) in [5.41, 5.74) is 9.78. The quantitative estimate of drug-likeness (QED) is 0.251. The van der Waals surface area contributed by atoms with Gasteiger partial charge >= 0.3 is 0 Å². The van der Waals surface area contributed by atoms with Crippen LogP contribution in [0.1, 0.15) is 139 Å². The van der Waals surface area contributed by atoms with Crippen molar-refractivity contribution in [1.82, 2.24) is 4.98 Å². The van der Waals surface area contributed by atoms with E-state index in [0.29, 0.717) is 16.9 Å². The van der Waals surface area contributed by atoms with Crippen molar-refractivity contribution in [3.05, 3.63) is 108 Å². The van der Waals surface area contributed by atoms with Crippen molar-refractivity contribution in [2.24, 2.45) is 5.41 Å². The second-order valence-electron chi connectivity index (χ2n) is 11.8. The molecule has 5 rings (SSSR count). The van der Waals surface area contributed by atoms with Crippen LogP contribution in [0.2, 0.25) is 0 Å². The molecule has 1 aromatic heterocycles. The van der Waals surface area contributed by atoms with E-state index in [0.717, 1.165) is 52.8 Å². The lowest BCUT2D eigenvalue weighted by molar-refractivity contribution is 0.0982. The molecule has 3 aromatic rings.